The molecule has 0 bridgehead atoms. The second-order valence-electron chi connectivity index (χ2n) is 4.54. The number of rotatable bonds is 4. The number of nitro benzene ring substituents is 1. The molecule has 0 aromatic heterocycles. The topological polar surface area (TPSA) is 55.2 Å². The van der Waals surface area contributed by atoms with Gasteiger partial charge in [0.25, 0.3) is 5.69 Å². The van der Waals surface area contributed by atoms with Crippen LogP contribution in [-0.2, 0) is 0 Å². The van der Waals surface area contributed by atoms with E-state index < -0.39 is 10.7 Å². The predicted octanol–water partition coefficient (Wildman–Crippen LogP) is 3.33. The molecular weight excluding hydrogens is 223 g/mol. The van der Waals surface area contributed by atoms with Crippen molar-refractivity contribution in [3.05, 3.63) is 34.1 Å². The molecule has 1 aromatic carbocycles. The van der Waals surface area contributed by atoms with E-state index in [4.69, 9.17) is 0 Å². The van der Waals surface area contributed by atoms with Crippen LogP contribution in [0.5, 0.6) is 0 Å². The van der Waals surface area contributed by atoms with Crippen molar-refractivity contribution in [1.29, 1.82) is 0 Å². The minimum absolute atomic E-state index is 0.188. The molecule has 1 atom stereocenters. The summed E-state index contributed by atoms with van der Waals surface area (Å²) in [6.45, 7) is 2.01. The molecule has 0 radical (unpaired) electrons. The van der Waals surface area contributed by atoms with Crippen molar-refractivity contribution >= 4 is 11.4 Å². The first kappa shape index (κ1) is 11.8. The molecule has 4 nitrogen and oxygen atoms in total. The van der Waals surface area contributed by atoms with Gasteiger partial charge in [0.1, 0.15) is 11.5 Å². The Morgan fingerprint density at radius 2 is 2.24 bits per heavy atom. The standard InChI is InChI=1S/C12H15FN2O2/c1-8(9-3-2-4-9)14-11-6-5-10(13)7-12(11)15(16)17/h5-9,14H,2-4H2,1H3. The predicted molar refractivity (Wildman–Crippen MR) is 63.5 cm³/mol. The molecule has 0 spiro atoms. The van der Waals surface area contributed by atoms with Crippen LogP contribution in [0.3, 0.4) is 0 Å². The smallest absolute Gasteiger partial charge is 0.295 e. The molecule has 1 fully saturated rings. The van der Waals surface area contributed by atoms with E-state index in [0.717, 1.165) is 18.9 Å². The third kappa shape index (κ3) is 2.54. The third-order valence-corrected chi connectivity index (χ3v) is 3.40. The molecule has 2 rings (SSSR count). The van der Waals surface area contributed by atoms with Crippen molar-refractivity contribution < 1.29 is 9.31 Å². The van der Waals surface area contributed by atoms with Gasteiger partial charge in [0.05, 0.1) is 11.0 Å². The number of anilines is 1. The van der Waals surface area contributed by atoms with Crippen molar-refractivity contribution in [3.8, 4) is 0 Å². The molecule has 1 unspecified atom stereocenters. The molecule has 0 saturated heterocycles. The summed E-state index contributed by atoms with van der Waals surface area (Å²) in [5.74, 6) is -0.0156. The highest BCUT2D eigenvalue weighted by Crippen LogP contribution is 2.33. The fraction of sp³-hybridized carbons (Fsp3) is 0.500. The van der Waals surface area contributed by atoms with Crippen LogP contribution < -0.4 is 5.32 Å². The zero-order valence-corrected chi connectivity index (χ0v) is 9.65. The Hall–Kier alpha value is -1.65. The maximum Gasteiger partial charge on any atom is 0.295 e. The van der Waals surface area contributed by atoms with Crippen molar-refractivity contribution in [3.63, 3.8) is 0 Å². The van der Waals surface area contributed by atoms with Gasteiger partial charge >= 0.3 is 0 Å². The Balaban J connectivity index is 2.16. The van der Waals surface area contributed by atoms with E-state index in [0.29, 0.717) is 11.6 Å². The lowest BCUT2D eigenvalue weighted by molar-refractivity contribution is -0.384. The average molecular weight is 238 g/mol. The van der Waals surface area contributed by atoms with Gasteiger partial charge in [-0.05, 0) is 37.8 Å². The number of nitro groups is 1. The summed E-state index contributed by atoms with van der Waals surface area (Å²) in [6.07, 6.45) is 3.54. The molecule has 1 aliphatic carbocycles. The third-order valence-electron chi connectivity index (χ3n) is 3.40. The molecular formula is C12H15FN2O2. The summed E-state index contributed by atoms with van der Waals surface area (Å²) in [5, 5.41) is 13.9. The van der Waals surface area contributed by atoms with Crippen molar-refractivity contribution in [2.75, 3.05) is 5.32 Å². The maximum atomic E-state index is 12.9. The number of hydrogen-bond donors (Lipinski definition) is 1. The highest BCUT2D eigenvalue weighted by molar-refractivity contribution is 5.61. The molecule has 1 aromatic rings. The van der Waals surface area contributed by atoms with Crippen LogP contribution in [-0.4, -0.2) is 11.0 Å². The van der Waals surface area contributed by atoms with E-state index in [-0.39, 0.29) is 11.7 Å². The zero-order valence-electron chi connectivity index (χ0n) is 9.65. The average Bonchev–Trinajstić information content (AvgIpc) is 2.17. The number of halogens is 1. The summed E-state index contributed by atoms with van der Waals surface area (Å²) in [4.78, 5) is 10.3. The Morgan fingerprint density at radius 3 is 2.76 bits per heavy atom. The highest BCUT2D eigenvalue weighted by Gasteiger charge is 2.25. The van der Waals surface area contributed by atoms with E-state index in [1.807, 2.05) is 6.92 Å². The van der Waals surface area contributed by atoms with Crippen LogP contribution in [0.4, 0.5) is 15.8 Å². The summed E-state index contributed by atoms with van der Waals surface area (Å²) >= 11 is 0. The molecule has 0 heterocycles. The van der Waals surface area contributed by atoms with Gasteiger partial charge in [-0.15, -0.1) is 0 Å². The van der Waals surface area contributed by atoms with Crippen LogP contribution in [0.2, 0.25) is 0 Å². The number of nitrogens with one attached hydrogen (secondary N) is 1. The summed E-state index contributed by atoms with van der Waals surface area (Å²) in [6, 6.07) is 3.81. The Kier molecular flexibility index (Phi) is 3.26. The first-order chi connectivity index (χ1) is 8.08. The summed E-state index contributed by atoms with van der Waals surface area (Å²) in [5.41, 5.74) is 0.201. The monoisotopic (exact) mass is 238 g/mol. The second-order valence-corrected chi connectivity index (χ2v) is 4.54. The van der Waals surface area contributed by atoms with Crippen LogP contribution in [0.25, 0.3) is 0 Å². The molecule has 0 amide bonds. The SMILES string of the molecule is CC(Nc1ccc(F)cc1[N+](=O)[O-])C1CCC1. The molecule has 92 valence electrons. The lowest BCUT2D eigenvalue weighted by atomic mass is 9.80. The number of hydrogen-bond acceptors (Lipinski definition) is 3. The summed E-state index contributed by atoms with van der Waals surface area (Å²) in [7, 11) is 0. The van der Waals surface area contributed by atoms with Gasteiger partial charge in [0.15, 0.2) is 0 Å². The molecule has 5 heteroatoms. The molecule has 17 heavy (non-hydrogen) atoms. The Labute approximate surface area is 99.0 Å². The largest absolute Gasteiger partial charge is 0.377 e. The van der Waals surface area contributed by atoms with Crippen molar-refractivity contribution in [2.45, 2.75) is 32.2 Å². The van der Waals surface area contributed by atoms with Gasteiger partial charge in [-0.1, -0.05) is 6.42 Å². The van der Waals surface area contributed by atoms with Crippen molar-refractivity contribution in [1.82, 2.24) is 0 Å². The van der Waals surface area contributed by atoms with Gasteiger partial charge in [-0.2, -0.15) is 0 Å². The van der Waals surface area contributed by atoms with E-state index in [1.165, 1.54) is 18.6 Å². The maximum absolute atomic E-state index is 12.9. The summed E-state index contributed by atoms with van der Waals surface area (Å²) < 4.78 is 12.9. The van der Waals surface area contributed by atoms with Gasteiger partial charge in [0.2, 0.25) is 0 Å². The molecule has 0 aliphatic heterocycles. The molecule has 1 N–H and O–H groups in total. The van der Waals surface area contributed by atoms with Crippen LogP contribution in [0, 0.1) is 21.8 Å². The van der Waals surface area contributed by atoms with Gasteiger partial charge in [-0.3, -0.25) is 10.1 Å². The fourth-order valence-electron chi connectivity index (χ4n) is 2.08. The highest BCUT2D eigenvalue weighted by atomic mass is 19.1. The van der Waals surface area contributed by atoms with Crippen molar-refractivity contribution in [2.24, 2.45) is 5.92 Å². The van der Waals surface area contributed by atoms with Gasteiger partial charge in [-0.25, -0.2) is 4.39 Å². The van der Waals surface area contributed by atoms with Crippen LogP contribution >= 0.6 is 0 Å². The second kappa shape index (κ2) is 4.69. The minimum atomic E-state index is -0.585. The van der Waals surface area contributed by atoms with Crippen LogP contribution in [0.15, 0.2) is 18.2 Å². The number of benzene rings is 1. The first-order valence-corrected chi connectivity index (χ1v) is 5.78. The quantitative estimate of drug-likeness (QED) is 0.646. The zero-order chi connectivity index (χ0) is 12.4. The lowest BCUT2D eigenvalue weighted by Gasteiger charge is -2.32. The first-order valence-electron chi connectivity index (χ1n) is 5.78. The van der Waals surface area contributed by atoms with Gasteiger partial charge in [0, 0.05) is 6.04 Å². The minimum Gasteiger partial charge on any atom is -0.377 e. The van der Waals surface area contributed by atoms with E-state index in [9.17, 15) is 14.5 Å². The fourth-order valence-corrected chi connectivity index (χ4v) is 2.08. The Morgan fingerprint density at radius 1 is 1.53 bits per heavy atom. The molecule has 1 saturated carbocycles. The van der Waals surface area contributed by atoms with Gasteiger partial charge < -0.3 is 5.32 Å². The van der Waals surface area contributed by atoms with E-state index >= 15 is 0 Å². The lowest BCUT2D eigenvalue weighted by Crippen LogP contribution is -2.31. The number of nitrogens with zero attached hydrogens (tertiary/aromatic N) is 1. The Bertz CT molecular complexity index is 433. The normalized spacial score (nSPS) is 17.3. The molecule has 1 aliphatic rings. The van der Waals surface area contributed by atoms with Crippen LogP contribution in [0.1, 0.15) is 26.2 Å². The van der Waals surface area contributed by atoms with E-state index in [2.05, 4.69) is 5.32 Å². The van der Waals surface area contributed by atoms with E-state index in [1.54, 1.807) is 0 Å².